The zero-order valence-corrected chi connectivity index (χ0v) is 9.94. The number of nitrogens with zero attached hydrogens (tertiary/aromatic N) is 1. The first-order chi connectivity index (χ1) is 7.78. The van der Waals surface area contributed by atoms with Crippen LogP contribution in [0.4, 0.5) is 4.79 Å². The summed E-state index contributed by atoms with van der Waals surface area (Å²) in [6.07, 6.45) is -0.575. The SMILES string of the molecule is CC(C)(C)OC(=O)NCc1cc(C(N)=O)no1. The third-order valence-corrected chi connectivity index (χ3v) is 1.62. The number of hydrogen-bond acceptors (Lipinski definition) is 5. The van der Waals surface area contributed by atoms with Crippen LogP contribution in [-0.2, 0) is 11.3 Å². The van der Waals surface area contributed by atoms with Crippen molar-refractivity contribution in [2.75, 3.05) is 0 Å². The average Bonchev–Trinajstić information content (AvgIpc) is 2.60. The standard InChI is InChI=1S/C10H15N3O4/c1-10(2,3)16-9(15)12-5-6-4-7(8(11)14)13-17-6/h4H,5H2,1-3H3,(H2,11,14)(H,12,15). The molecular weight excluding hydrogens is 226 g/mol. The minimum Gasteiger partial charge on any atom is -0.444 e. The summed E-state index contributed by atoms with van der Waals surface area (Å²) in [7, 11) is 0. The van der Waals surface area contributed by atoms with Crippen molar-refractivity contribution in [1.29, 1.82) is 0 Å². The Balaban J connectivity index is 2.45. The second kappa shape index (κ2) is 4.86. The van der Waals surface area contributed by atoms with Gasteiger partial charge in [0.1, 0.15) is 5.60 Å². The summed E-state index contributed by atoms with van der Waals surface area (Å²) >= 11 is 0. The smallest absolute Gasteiger partial charge is 0.408 e. The Hall–Kier alpha value is -2.05. The number of carbonyl (C=O) groups is 2. The van der Waals surface area contributed by atoms with Crippen LogP contribution in [0.25, 0.3) is 0 Å². The topological polar surface area (TPSA) is 107 Å². The summed E-state index contributed by atoms with van der Waals surface area (Å²) in [6.45, 7) is 5.35. The van der Waals surface area contributed by atoms with Crippen LogP contribution in [0.2, 0.25) is 0 Å². The van der Waals surface area contributed by atoms with Gasteiger partial charge in [-0.2, -0.15) is 0 Å². The van der Waals surface area contributed by atoms with Crippen molar-refractivity contribution in [2.24, 2.45) is 5.73 Å². The molecule has 0 unspecified atom stereocenters. The fourth-order valence-corrected chi connectivity index (χ4v) is 0.986. The summed E-state index contributed by atoms with van der Waals surface area (Å²) in [6, 6.07) is 1.36. The highest BCUT2D eigenvalue weighted by Gasteiger charge is 2.16. The van der Waals surface area contributed by atoms with Crippen LogP contribution in [0.3, 0.4) is 0 Å². The van der Waals surface area contributed by atoms with E-state index < -0.39 is 17.6 Å². The number of nitrogens with one attached hydrogen (secondary N) is 1. The van der Waals surface area contributed by atoms with E-state index in [9.17, 15) is 9.59 Å². The average molecular weight is 241 g/mol. The van der Waals surface area contributed by atoms with Crippen LogP contribution in [0.1, 0.15) is 37.0 Å². The second-order valence-electron chi connectivity index (χ2n) is 4.40. The second-order valence-corrected chi connectivity index (χ2v) is 4.40. The van der Waals surface area contributed by atoms with Gasteiger partial charge in [-0.1, -0.05) is 5.16 Å². The maximum absolute atomic E-state index is 11.3. The predicted octanol–water partition coefficient (Wildman–Crippen LogP) is 0.798. The molecule has 3 N–H and O–H groups in total. The number of hydrogen-bond donors (Lipinski definition) is 2. The molecule has 0 spiro atoms. The summed E-state index contributed by atoms with van der Waals surface area (Å²) in [5.74, 6) is -0.359. The van der Waals surface area contributed by atoms with Crippen molar-refractivity contribution in [1.82, 2.24) is 10.5 Å². The molecule has 1 aromatic heterocycles. The van der Waals surface area contributed by atoms with Crippen molar-refractivity contribution in [2.45, 2.75) is 32.9 Å². The number of ether oxygens (including phenoxy) is 1. The van der Waals surface area contributed by atoms with Crippen LogP contribution in [0.15, 0.2) is 10.6 Å². The lowest BCUT2D eigenvalue weighted by atomic mass is 10.2. The summed E-state index contributed by atoms with van der Waals surface area (Å²) < 4.78 is 9.80. The molecule has 17 heavy (non-hydrogen) atoms. The first kappa shape index (κ1) is 13.0. The van der Waals surface area contributed by atoms with Gasteiger partial charge in [0.25, 0.3) is 5.91 Å². The molecule has 94 valence electrons. The van der Waals surface area contributed by atoms with Gasteiger partial charge in [-0.15, -0.1) is 0 Å². The monoisotopic (exact) mass is 241 g/mol. The first-order valence-corrected chi connectivity index (χ1v) is 5.00. The largest absolute Gasteiger partial charge is 0.444 e. The lowest BCUT2D eigenvalue weighted by Gasteiger charge is -2.19. The van der Waals surface area contributed by atoms with Crippen LogP contribution in [0, 0.1) is 0 Å². The molecule has 1 rings (SSSR count). The molecule has 0 atom stereocenters. The van der Waals surface area contributed by atoms with Gasteiger partial charge in [0.15, 0.2) is 11.5 Å². The molecule has 0 aliphatic heterocycles. The zero-order valence-electron chi connectivity index (χ0n) is 9.94. The van der Waals surface area contributed by atoms with Gasteiger partial charge in [-0.25, -0.2) is 4.79 Å². The van der Waals surface area contributed by atoms with Gasteiger partial charge in [-0.3, -0.25) is 4.79 Å². The Kier molecular flexibility index (Phi) is 3.72. The molecule has 0 radical (unpaired) electrons. The molecule has 0 saturated carbocycles. The van der Waals surface area contributed by atoms with Gasteiger partial charge in [0.2, 0.25) is 0 Å². The fourth-order valence-electron chi connectivity index (χ4n) is 0.986. The Bertz CT molecular complexity index is 419. The molecule has 7 nitrogen and oxygen atoms in total. The van der Waals surface area contributed by atoms with E-state index in [4.69, 9.17) is 15.0 Å². The molecule has 0 bridgehead atoms. The highest BCUT2D eigenvalue weighted by Crippen LogP contribution is 2.07. The molecule has 1 aromatic rings. The molecule has 1 heterocycles. The zero-order chi connectivity index (χ0) is 13.1. The van der Waals surface area contributed by atoms with Crippen molar-refractivity contribution in [3.05, 3.63) is 17.5 Å². The molecule has 0 aromatic carbocycles. The number of nitrogens with two attached hydrogens (primary N) is 1. The van der Waals surface area contributed by atoms with Crippen molar-refractivity contribution in [3.8, 4) is 0 Å². The number of alkyl carbamates (subject to hydrolysis) is 1. The Morgan fingerprint density at radius 1 is 1.53 bits per heavy atom. The lowest BCUT2D eigenvalue weighted by molar-refractivity contribution is 0.0518. The van der Waals surface area contributed by atoms with Crippen molar-refractivity contribution >= 4 is 12.0 Å². The molecule has 0 saturated heterocycles. The number of aromatic nitrogens is 1. The van der Waals surface area contributed by atoms with Gasteiger partial charge in [0.05, 0.1) is 6.54 Å². The van der Waals surface area contributed by atoms with E-state index >= 15 is 0 Å². The minimum atomic E-state index is -0.683. The van der Waals surface area contributed by atoms with Gasteiger partial charge < -0.3 is 20.3 Å². The van der Waals surface area contributed by atoms with Crippen LogP contribution >= 0.6 is 0 Å². The molecule has 0 aliphatic rings. The quantitative estimate of drug-likeness (QED) is 0.813. The first-order valence-electron chi connectivity index (χ1n) is 5.00. The fraction of sp³-hybridized carbons (Fsp3) is 0.500. The number of primary amides is 1. The summed E-state index contributed by atoms with van der Waals surface area (Å²) in [4.78, 5) is 22.0. The third-order valence-electron chi connectivity index (χ3n) is 1.62. The number of amides is 2. The molecular formula is C10H15N3O4. The summed E-state index contributed by atoms with van der Waals surface area (Å²) in [5, 5.41) is 5.89. The predicted molar refractivity (Wildman–Crippen MR) is 58.1 cm³/mol. The number of rotatable bonds is 3. The third kappa shape index (κ3) is 4.54. The van der Waals surface area contributed by atoms with E-state index in [0.29, 0.717) is 5.76 Å². The Morgan fingerprint density at radius 2 is 2.18 bits per heavy atom. The maximum atomic E-state index is 11.3. The molecule has 0 aliphatic carbocycles. The van der Waals surface area contributed by atoms with Gasteiger partial charge >= 0.3 is 6.09 Å². The highest BCUT2D eigenvalue weighted by atomic mass is 16.6. The molecule has 0 fully saturated rings. The van der Waals surface area contributed by atoms with E-state index in [1.165, 1.54) is 6.07 Å². The van der Waals surface area contributed by atoms with E-state index in [1.54, 1.807) is 20.8 Å². The van der Waals surface area contributed by atoms with E-state index in [2.05, 4.69) is 10.5 Å². The van der Waals surface area contributed by atoms with Crippen molar-refractivity contribution in [3.63, 3.8) is 0 Å². The van der Waals surface area contributed by atoms with Crippen LogP contribution in [0.5, 0.6) is 0 Å². The minimum absolute atomic E-state index is 0.0194. The van der Waals surface area contributed by atoms with Crippen LogP contribution in [-0.4, -0.2) is 22.8 Å². The Morgan fingerprint density at radius 3 is 2.65 bits per heavy atom. The maximum Gasteiger partial charge on any atom is 0.408 e. The van der Waals surface area contributed by atoms with Crippen LogP contribution < -0.4 is 11.1 Å². The normalized spacial score (nSPS) is 11.0. The summed E-state index contributed by atoms with van der Waals surface area (Å²) in [5.41, 5.74) is 4.45. The molecule has 7 heteroatoms. The van der Waals surface area contributed by atoms with E-state index in [1.807, 2.05) is 0 Å². The van der Waals surface area contributed by atoms with E-state index in [-0.39, 0.29) is 12.2 Å². The highest BCUT2D eigenvalue weighted by molar-refractivity contribution is 5.90. The van der Waals surface area contributed by atoms with Gasteiger partial charge in [-0.05, 0) is 20.8 Å². The lowest BCUT2D eigenvalue weighted by Crippen LogP contribution is -2.32. The molecule has 2 amide bonds. The number of carbonyl (C=O) groups excluding carboxylic acids is 2. The Labute approximate surface area is 98.3 Å². The van der Waals surface area contributed by atoms with E-state index in [0.717, 1.165) is 0 Å². The van der Waals surface area contributed by atoms with Gasteiger partial charge in [0, 0.05) is 6.07 Å². The van der Waals surface area contributed by atoms with Crippen molar-refractivity contribution < 1.29 is 18.8 Å².